The van der Waals surface area contributed by atoms with Crippen LogP contribution in [-0.4, -0.2) is 68.5 Å². The average Bonchev–Trinajstić information content (AvgIpc) is 3.23. The molecule has 0 aliphatic carbocycles. The topological polar surface area (TPSA) is 108 Å². The predicted octanol–water partition coefficient (Wildman–Crippen LogP) is 15.0. The number of hydrogen-bond donors (Lipinski definition) is 2. The van der Waals surface area contributed by atoms with E-state index < -0.39 is 20.0 Å². The van der Waals surface area contributed by atoms with Gasteiger partial charge >= 0.3 is 0 Å². The summed E-state index contributed by atoms with van der Waals surface area (Å²) in [6.07, 6.45) is 54.7. The molecule has 8 nitrogen and oxygen atoms in total. The van der Waals surface area contributed by atoms with Gasteiger partial charge in [-0.2, -0.15) is 0 Å². The highest BCUT2D eigenvalue weighted by atomic mass is 31.2. The summed E-state index contributed by atoms with van der Waals surface area (Å²) in [7, 11) is 1.31. The molecule has 0 aromatic heterocycles. The number of rotatable bonds is 49. The van der Waals surface area contributed by atoms with Crippen LogP contribution in [0.1, 0.15) is 258 Å². The minimum atomic E-state index is -4.57. The zero-order chi connectivity index (χ0) is 45.7. The van der Waals surface area contributed by atoms with Crippen LogP contribution in [0, 0.1) is 0 Å². The second-order valence-electron chi connectivity index (χ2n) is 19.6. The van der Waals surface area contributed by atoms with Crippen molar-refractivity contribution >= 4 is 13.7 Å². The van der Waals surface area contributed by atoms with Crippen molar-refractivity contribution in [2.24, 2.45) is 0 Å². The highest BCUT2D eigenvalue weighted by Crippen LogP contribution is 2.38. The third-order valence-corrected chi connectivity index (χ3v) is 13.2. The number of allylic oxidation sites excluding steroid dienone is 4. The van der Waals surface area contributed by atoms with Crippen LogP contribution < -0.4 is 10.2 Å². The summed E-state index contributed by atoms with van der Waals surface area (Å²) in [6, 6.07) is -0.801. The van der Waals surface area contributed by atoms with Crippen LogP contribution in [0.4, 0.5) is 0 Å². The van der Waals surface area contributed by atoms with Gasteiger partial charge in [0.2, 0.25) is 5.91 Å². The number of aliphatic hydroxyl groups excluding tert-OH is 1. The summed E-state index contributed by atoms with van der Waals surface area (Å²) in [5, 5.41) is 14.0. The molecule has 0 saturated carbocycles. The Kier molecular flexibility index (Phi) is 44.4. The summed E-state index contributed by atoms with van der Waals surface area (Å²) in [4.78, 5) is 25.5. The first-order valence-electron chi connectivity index (χ1n) is 26.7. The van der Waals surface area contributed by atoms with Crippen molar-refractivity contribution in [1.82, 2.24) is 5.32 Å². The Labute approximate surface area is 385 Å². The zero-order valence-corrected chi connectivity index (χ0v) is 42.7. The number of hydrogen-bond acceptors (Lipinski definition) is 6. The fraction of sp³-hybridized carbons (Fsp3) is 0.906. The maximum Gasteiger partial charge on any atom is 0.268 e. The second-order valence-corrected chi connectivity index (χ2v) is 21.0. The molecule has 368 valence electrons. The van der Waals surface area contributed by atoms with Crippen molar-refractivity contribution in [2.75, 3.05) is 40.9 Å². The minimum Gasteiger partial charge on any atom is -0.756 e. The lowest BCUT2D eigenvalue weighted by molar-refractivity contribution is -0.870. The first-order chi connectivity index (χ1) is 30.0. The van der Waals surface area contributed by atoms with E-state index in [4.69, 9.17) is 9.05 Å². The van der Waals surface area contributed by atoms with Gasteiger partial charge in [-0.3, -0.25) is 9.36 Å². The van der Waals surface area contributed by atoms with Gasteiger partial charge in [0.05, 0.1) is 39.9 Å². The summed E-state index contributed by atoms with van der Waals surface area (Å²) < 4.78 is 23.4. The third kappa shape index (κ3) is 47.0. The van der Waals surface area contributed by atoms with Gasteiger partial charge in [0.1, 0.15) is 13.2 Å². The molecule has 62 heavy (non-hydrogen) atoms. The number of carbonyl (C=O) groups is 1. The van der Waals surface area contributed by atoms with Crippen LogP contribution in [-0.2, 0) is 18.4 Å². The molecule has 0 radical (unpaired) electrons. The molecule has 0 saturated heterocycles. The number of nitrogens with zero attached hydrogens (tertiary/aromatic N) is 1. The molecule has 3 atom stereocenters. The van der Waals surface area contributed by atoms with Crippen LogP contribution in [0.3, 0.4) is 0 Å². The highest BCUT2D eigenvalue weighted by Gasteiger charge is 2.24. The second kappa shape index (κ2) is 45.1. The molecule has 0 spiro atoms. The Morgan fingerprint density at radius 1 is 0.565 bits per heavy atom. The minimum absolute atomic E-state index is 0.0124. The number of quaternary nitrogens is 1. The maximum atomic E-state index is 12.9. The van der Waals surface area contributed by atoms with Crippen molar-refractivity contribution in [3.8, 4) is 0 Å². The van der Waals surface area contributed by atoms with Crippen molar-refractivity contribution in [2.45, 2.75) is 270 Å². The van der Waals surface area contributed by atoms with E-state index in [9.17, 15) is 19.4 Å². The number of nitrogens with one attached hydrogen (secondary N) is 1. The maximum absolute atomic E-state index is 12.9. The van der Waals surface area contributed by atoms with Crippen LogP contribution in [0.5, 0.6) is 0 Å². The van der Waals surface area contributed by atoms with E-state index >= 15 is 0 Å². The number of unbranched alkanes of at least 4 members (excludes halogenated alkanes) is 32. The van der Waals surface area contributed by atoms with Crippen LogP contribution in [0.2, 0.25) is 0 Å². The molecule has 2 N–H and O–H groups in total. The number of likely N-dealkylation sites (N-methyl/N-ethyl adjacent to an activating group) is 1. The van der Waals surface area contributed by atoms with Crippen molar-refractivity contribution in [1.29, 1.82) is 0 Å². The molecule has 0 heterocycles. The lowest BCUT2D eigenvalue weighted by Crippen LogP contribution is -2.46. The molecule has 0 aliphatic rings. The van der Waals surface area contributed by atoms with Crippen LogP contribution in [0.15, 0.2) is 24.3 Å². The molecule has 0 aliphatic heterocycles. The Bertz CT molecular complexity index is 1060. The Morgan fingerprint density at radius 3 is 1.37 bits per heavy atom. The molecule has 3 unspecified atom stereocenters. The summed E-state index contributed by atoms with van der Waals surface area (Å²) >= 11 is 0. The van der Waals surface area contributed by atoms with E-state index in [-0.39, 0.29) is 19.1 Å². The predicted molar refractivity (Wildman–Crippen MR) is 265 cm³/mol. The fourth-order valence-electron chi connectivity index (χ4n) is 7.95. The summed E-state index contributed by atoms with van der Waals surface area (Å²) in [5.74, 6) is -0.166. The smallest absolute Gasteiger partial charge is 0.268 e. The molecular weight excluding hydrogens is 792 g/mol. The SMILES string of the molecule is CCCCC/C=C\C/C=C\CCCCCCCCCCCC(=O)NC(COP(=O)([O-])OCC[N+](C)(C)C)C(O)CCCCCCCCCCCCCCCCCCCCCCC. The van der Waals surface area contributed by atoms with Gasteiger partial charge in [-0.25, -0.2) is 0 Å². The highest BCUT2D eigenvalue weighted by molar-refractivity contribution is 7.45. The van der Waals surface area contributed by atoms with Crippen LogP contribution >= 0.6 is 7.82 Å². The standard InChI is InChI=1S/C53H105N2O6P/c1-6-8-10-12-14-16-18-20-22-24-26-27-29-30-32-34-36-38-40-42-44-46-52(56)51(50-61-62(58,59)60-49-48-55(3,4)5)54-53(57)47-45-43-41-39-37-35-33-31-28-25-23-21-19-17-15-13-11-9-7-2/h15,17,21,23,51-52,56H,6-14,16,18-20,22,24-50H2,1-5H3,(H-,54,57,58,59)/b17-15-,23-21-. The molecular formula is C53H105N2O6P. The van der Waals surface area contributed by atoms with Gasteiger partial charge in [-0.1, -0.05) is 231 Å². The van der Waals surface area contributed by atoms with E-state index in [2.05, 4.69) is 43.5 Å². The molecule has 0 bridgehead atoms. The van der Waals surface area contributed by atoms with E-state index in [1.165, 1.54) is 186 Å². The van der Waals surface area contributed by atoms with Gasteiger partial charge in [0.15, 0.2) is 0 Å². The number of amides is 1. The number of carbonyl (C=O) groups excluding carboxylic acids is 1. The molecule has 0 rings (SSSR count). The Balaban J connectivity index is 4.23. The Hall–Kier alpha value is -1.02. The third-order valence-electron chi connectivity index (χ3n) is 12.2. The van der Waals surface area contributed by atoms with Crippen molar-refractivity contribution in [3.05, 3.63) is 24.3 Å². The van der Waals surface area contributed by atoms with Gasteiger partial charge in [0, 0.05) is 6.42 Å². The number of phosphoric ester groups is 1. The summed E-state index contributed by atoms with van der Waals surface area (Å²) in [6.45, 7) is 4.72. The molecule has 0 aromatic carbocycles. The molecule has 0 aromatic rings. The summed E-state index contributed by atoms with van der Waals surface area (Å²) in [5.41, 5.74) is 0. The van der Waals surface area contributed by atoms with E-state index in [1.54, 1.807) is 0 Å². The van der Waals surface area contributed by atoms with Gasteiger partial charge in [-0.05, 0) is 44.9 Å². The normalized spacial score (nSPS) is 14.2. The zero-order valence-electron chi connectivity index (χ0n) is 41.8. The molecule has 0 fully saturated rings. The lowest BCUT2D eigenvalue weighted by atomic mass is 10.0. The first-order valence-corrected chi connectivity index (χ1v) is 28.1. The van der Waals surface area contributed by atoms with Crippen molar-refractivity contribution in [3.63, 3.8) is 0 Å². The average molecular weight is 897 g/mol. The quantitative estimate of drug-likeness (QED) is 0.0273. The fourth-order valence-corrected chi connectivity index (χ4v) is 8.68. The molecule has 1 amide bonds. The van der Waals surface area contributed by atoms with Crippen molar-refractivity contribution < 1.29 is 32.9 Å². The Morgan fingerprint density at radius 2 is 0.935 bits per heavy atom. The largest absolute Gasteiger partial charge is 0.756 e. The molecule has 9 heteroatoms. The lowest BCUT2D eigenvalue weighted by Gasteiger charge is -2.30. The van der Waals surface area contributed by atoms with E-state index in [0.29, 0.717) is 23.9 Å². The van der Waals surface area contributed by atoms with Gasteiger partial charge < -0.3 is 28.8 Å². The van der Waals surface area contributed by atoms with E-state index in [1.807, 2.05) is 21.1 Å². The first kappa shape index (κ1) is 61.0. The number of phosphoric acid groups is 1. The van der Waals surface area contributed by atoms with Gasteiger partial charge in [0.25, 0.3) is 7.82 Å². The number of aliphatic hydroxyl groups is 1. The van der Waals surface area contributed by atoms with E-state index in [0.717, 1.165) is 44.9 Å². The van der Waals surface area contributed by atoms with Gasteiger partial charge in [-0.15, -0.1) is 0 Å². The monoisotopic (exact) mass is 897 g/mol. The van der Waals surface area contributed by atoms with Crippen LogP contribution in [0.25, 0.3) is 0 Å².